The first-order valence-electron chi connectivity index (χ1n) is 10.2. The number of piperazine rings is 1. The monoisotopic (exact) mass is 420 g/mol. The lowest BCUT2D eigenvalue weighted by molar-refractivity contribution is 0.102. The number of hydrogen-bond acceptors (Lipinski definition) is 4. The van der Waals surface area contributed by atoms with E-state index in [1.165, 1.54) is 5.56 Å². The van der Waals surface area contributed by atoms with Crippen LogP contribution < -0.4 is 10.2 Å². The van der Waals surface area contributed by atoms with Crippen molar-refractivity contribution in [2.45, 2.75) is 6.42 Å². The van der Waals surface area contributed by atoms with Crippen LogP contribution in [0, 0.1) is 0 Å². The Morgan fingerprint density at radius 2 is 1.63 bits per heavy atom. The standard InChI is InChI=1S/C24H25ClN4O/c25-21-6-2-1-5-20(21)24(30)27-22-7-3-4-8-23(22)29-17-15-28(16-18-29)14-11-19-9-12-26-13-10-19/h1-10,12-13H,11,14-18H2,(H,27,30). The number of rotatable bonds is 6. The van der Waals surface area contributed by atoms with E-state index in [0.29, 0.717) is 10.6 Å². The summed E-state index contributed by atoms with van der Waals surface area (Å²) in [6.45, 7) is 4.89. The lowest BCUT2D eigenvalue weighted by Crippen LogP contribution is -2.47. The van der Waals surface area contributed by atoms with Crippen molar-refractivity contribution >= 4 is 28.9 Å². The normalized spacial score (nSPS) is 14.5. The lowest BCUT2D eigenvalue weighted by atomic mass is 10.1. The van der Waals surface area contributed by atoms with Gasteiger partial charge in [-0.25, -0.2) is 0 Å². The molecule has 154 valence electrons. The number of carbonyl (C=O) groups is 1. The molecular formula is C24H25ClN4O. The van der Waals surface area contributed by atoms with Crippen molar-refractivity contribution in [3.63, 3.8) is 0 Å². The molecule has 0 bridgehead atoms. The van der Waals surface area contributed by atoms with Crippen molar-refractivity contribution in [3.05, 3.63) is 89.2 Å². The van der Waals surface area contributed by atoms with E-state index in [-0.39, 0.29) is 5.91 Å². The van der Waals surface area contributed by atoms with Gasteiger partial charge in [0, 0.05) is 45.1 Å². The quantitative estimate of drug-likeness (QED) is 0.644. The van der Waals surface area contributed by atoms with Crippen molar-refractivity contribution in [2.24, 2.45) is 0 Å². The number of anilines is 2. The molecule has 2 aromatic carbocycles. The predicted octanol–water partition coefficient (Wildman–Crippen LogP) is 4.35. The molecule has 2 heterocycles. The molecule has 1 N–H and O–H groups in total. The van der Waals surface area contributed by atoms with Gasteiger partial charge in [-0.1, -0.05) is 35.9 Å². The SMILES string of the molecule is O=C(Nc1ccccc1N1CCN(CCc2ccncc2)CC1)c1ccccc1Cl. The number of nitrogens with zero attached hydrogens (tertiary/aromatic N) is 3. The molecular weight excluding hydrogens is 396 g/mol. The molecule has 1 aromatic heterocycles. The zero-order valence-electron chi connectivity index (χ0n) is 16.8. The molecule has 30 heavy (non-hydrogen) atoms. The van der Waals surface area contributed by atoms with Crippen molar-refractivity contribution in [1.29, 1.82) is 0 Å². The van der Waals surface area contributed by atoms with Crippen LogP contribution in [0.3, 0.4) is 0 Å². The third-order valence-electron chi connectivity index (χ3n) is 5.45. The van der Waals surface area contributed by atoms with Crippen molar-refractivity contribution in [1.82, 2.24) is 9.88 Å². The van der Waals surface area contributed by atoms with Gasteiger partial charge in [0.1, 0.15) is 0 Å². The lowest BCUT2D eigenvalue weighted by Gasteiger charge is -2.37. The molecule has 4 rings (SSSR count). The highest BCUT2D eigenvalue weighted by molar-refractivity contribution is 6.34. The number of amides is 1. The molecule has 0 radical (unpaired) electrons. The summed E-state index contributed by atoms with van der Waals surface area (Å²) in [5, 5.41) is 3.49. The van der Waals surface area contributed by atoms with Gasteiger partial charge in [-0.3, -0.25) is 14.7 Å². The third-order valence-corrected chi connectivity index (χ3v) is 5.78. The van der Waals surface area contributed by atoms with Crippen molar-refractivity contribution < 1.29 is 4.79 Å². The van der Waals surface area contributed by atoms with Gasteiger partial charge in [-0.05, 0) is 48.4 Å². The first kappa shape index (κ1) is 20.4. The molecule has 1 amide bonds. The minimum Gasteiger partial charge on any atom is -0.367 e. The Hall–Kier alpha value is -2.89. The molecule has 1 saturated heterocycles. The van der Waals surface area contributed by atoms with Crippen LogP contribution in [0.4, 0.5) is 11.4 Å². The highest BCUT2D eigenvalue weighted by Gasteiger charge is 2.20. The van der Waals surface area contributed by atoms with Gasteiger partial charge in [-0.15, -0.1) is 0 Å². The van der Waals surface area contributed by atoms with E-state index < -0.39 is 0 Å². The first-order chi connectivity index (χ1) is 14.7. The van der Waals surface area contributed by atoms with Crippen LogP contribution in [0.15, 0.2) is 73.1 Å². The molecule has 0 spiro atoms. The number of halogens is 1. The van der Waals surface area contributed by atoms with Gasteiger partial charge in [0.2, 0.25) is 0 Å². The number of benzene rings is 2. The van der Waals surface area contributed by atoms with Crippen LogP contribution >= 0.6 is 11.6 Å². The summed E-state index contributed by atoms with van der Waals surface area (Å²) in [4.78, 5) is 21.6. The summed E-state index contributed by atoms with van der Waals surface area (Å²) in [6.07, 6.45) is 4.73. The number of carbonyl (C=O) groups excluding carboxylic acids is 1. The van der Waals surface area contributed by atoms with Crippen LogP contribution in [0.5, 0.6) is 0 Å². The fourth-order valence-electron chi connectivity index (χ4n) is 3.74. The highest BCUT2D eigenvalue weighted by Crippen LogP contribution is 2.28. The van der Waals surface area contributed by atoms with Crippen LogP contribution in [0.25, 0.3) is 0 Å². The van der Waals surface area contributed by atoms with Crippen LogP contribution in [0.1, 0.15) is 15.9 Å². The number of nitrogens with one attached hydrogen (secondary N) is 1. The molecule has 0 saturated carbocycles. The van der Waals surface area contributed by atoms with E-state index in [2.05, 4.69) is 38.3 Å². The van der Waals surface area contributed by atoms with E-state index in [4.69, 9.17) is 11.6 Å². The Bertz CT molecular complexity index is 987. The van der Waals surface area contributed by atoms with Crippen LogP contribution in [-0.4, -0.2) is 48.5 Å². The van der Waals surface area contributed by atoms with Crippen molar-refractivity contribution in [3.8, 4) is 0 Å². The number of aromatic nitrogens is 1. The minimum atomic E-state index is -0.191. The molecule has 0 aliphatic carbocycles. The number of hydrogen-bond donors (Lipinski definition) is 1. The van der Waals surface area contributed by atoms with E-state index in [1.54, 1.807) is 12.1 Å². The maximum absolute atomic E-state index is 12.7. The van der Waals surface area contributed by atoms with Crippen LogP contribution in [-0.2, 0) is 6.42 Å². The molecule has 0 atom stereocenters. The summed E-state index contributed by atoms with van der Waals surface area (Å²) < 4.78 is 0. The Morgan fingerprint density at radius 3 is 2.40 bits per heavy atom. The average molecular weight is 421 g/mol. The van der Waals surface area contributed by atoms with E-state index in [9.17, 15) is 4.79 Å². The van der Waals surface area contributed by atoms with Gasteiger partial charge in [0.05, 0.1) is 22.0 Å². The fraction of sp³-hybridized carbons (Fsp3) is 0.250. The average Bonchev–Trinajstić information content (AvgIpc) is 2.79. The number of para-hydroxylation sites is 2. The van der Waals surface area contributed by atoms with Gasteiger partial charge < -0.3 is 10.2 Å². The highest BCUT2D eigenvalue weighted by atomic mass is 35.5. The Balaban J connectivity index is 1.37. The molecule has 1 aliphatic heterocycles. The molecule has 1 aliphatic rings. The maximum Gasteiger partial charge on any atom is 0.257 e. The third kappa shape index (κ3) is 4.99. The minimum absolute atomic E-state index is 0.191. The van der Waals surface area contributed by atoms with E-state index in [0.717, 1.165) is 50.5 Å². The first-order valence-corrected chi connectivity index (χ1v) is 10.6. The summed E-state index contributed by atoms with van der Waals surface area (Å²) in [5.41, 5.74) is 3.66. The predicted molar refractivity (Wildman–Crippen MR) is 122 cm³/mol. The fourth-order valence-corrected chi connectivity index (χ4v) is 3.96. The topological polar surface area (TPSA) is 48.5 Å². The van der Waals surface area contributed by atoms with Crippen molar-refractivity contribution in [2.75, 3.05) is 42.9 Å². The second kappa shape index (κ2) is 9.74. The maximum atomic E-state index is 12.7. The van der Waals surface area contributed by atoms with E-state index in [1.807, 2.05) is 42.7 Å². The van der Waals surface area contributed by atoms with Gasteiger partial charge >= 0.3 is 0 Å². The molecule has 6 heteroatoms. The Morgan fingerprint density at radius 1 is 0.933 bits per heavy atom. The summed E-state index contributed by atoms with van der Waals surface area (Å²) >= 11 is 6.18. The van der Waals surface area contributed by atoms with Gasteiger partial charge in [-0.2, -0.15) is 0 Å². The Labute approximate surface area is 182 Å². The molecule has 5 nitrogen and oxygen atoms in total. The summed E-state index contributed by atoms with van der Waals surface area (Å²) in [7, 11) is 0. The van der Waals surface area contributed by atoms with Gasteiger partial charge in [0.25, 0.3) is 5.91 Å². The van der Waals surface area contributed by atoms with Gasteiger partial charge in [0.15, 0.2) is 0 Å². The smallest absolute Gasteiger partial charge is 0.257 e. The second-order valence-corrected chi connectivity index (χ2v) is 7.79. The Kier molecular flexibility index (Phi) is 6.62. The summed E-state index contributed by atoms with van der Waals surface area (Å²) in [5.74, 6) is -0.191. The largest absolute Gasteiger partial charge is 0.367 e. The van der Waals surface area contributed by atoms with E-state index >= 15 is 0 Å². The summed E-state index contributed by atoms with van der Waals surface area (Å²) in [6, 6.07) is 19.2. The zero-order chi connectivity index (χ0) is 20.8. The van der Waals surface area contributed by atoms with Crippen LogP contribution in [0.2, 0.25) is 5.02 Å². The molecule has 0 unspecified atom stereocenters. The molecule has 3 aromatic rings. The second-order valence-electron chi connectivity index (χ2n) is 7.39. The number of pyridine rings is 1. The zero-order valence-corrected chi connectivity index (χ0v) is 17.6. The molecule has 1 fully saturated rings.